The fourth-order valence-corrected chi connectivity index (χ4v) is 5.88. The fourth-order valence-electron chi connectivity index (χ4n) is 3.81. The molecule has 1 saturated carbocycles. The van der Waals surface area contributed by atoms with Gasteiger partial charge < -0.3 is 4.52 Å². The first kappa shape index (κ1) is 14.4. The van der Waals surface area contributed by atoms with Gasteiger partial charge in [-0.05, 0) is 39.1 Å². The number of benzene rings is 1. The van der Waals surface area contributed by atoms with Crippen LogP contribution in [0.4, 0.5) is 0 Å². The molecule has 1 aromatic carbocycles. The first-order valence-corrected chi connectivity index (χ1v) is 9.19. The van der Waals surface area contributed by atoms with Gasteiger partial charge in [0.25, 0.3) is 0 Å². The van der Waals surface area contributed by atoms with Crippen molar-refractivity contribution < 1.29 is 4.52 Å². The Bertz CT molecular complexity index is 657. The van der Waals surface area contributed by atoms with Crippen LogP contribution in [0.5, 0.6) is 5.75 Å². The van der Waals surface area contributed by atoms with Crippen LogP contribution in [0, 0.1) is 0 Å². The minimum atomic E-state index is -0.741. The van der Waals surface area contributed by atoms with E-state index >= 15 is 0 Å². The van der Waals surface area contributed by atoms with Crippen LogP contribution in [0.25, 0.3) is 10.9 Å². The first-order valence-electron chi connectivity index (χ1n) is 8.03. The highest BCUT2D eigenvalue weighted by molar-refractivity contribution is 7.48. The molecule has 0 N–H and O–H groups in total. The molecule has 0 unspecified atom stereocenters. The molecule has 0 spiro atoms. The van der Waals surface area contributed by atoms with Crippen molar-refractivity contribution in [2.24, 2.45) is 0 Å². The van der Waals surface area contributed by atoms with Crippen molar-refractivity contribution in [3.05, 3.63) is 36.5 Å². The fraction of sp³-hybridized carbons (Fsp3) is 0.471. The molecule has 4 nitrogen and oxygen atoms in total. The molecule has 116 valence electrons. The third kappa shape index (κ3) is 2.30. The summed E-state index contributed by atoms with van der Waals surface area (Å²) in [5.74, 6) is 0.904. The average molecular weight is 315 g/mol. The van der Waals surface area contributed by atoms with Crippen LogP contribution < -0.4 is 4.52 Å². The van der Waals surface area contributed by atoms with Crippen LogP contribution >= 0.6 is 8.45 Å². The van der Waals surface area contributed by atoms with E-state index in [-0.39, 0.29) is 0 Å². The van der Waals surface area contributed by atoms with E-state index in [4.69, 9.17) is 4.52 Å². The van der Waals surface area contributed by atoms with E-state index < -0.39 is 8.45 Å². The average Bonchev–Trinajstić information content (AvgIpc) is 2.81. The standard InChI is InChI=1S/C17H22N3OP/c1-19-14-9-3-4-10-15(14)20(2)22(19)21-16-11-5-7-13-8-6-12-18-17(13)16/h5-8,11-12,14-15H,3-4,9-10H2,1-2H3/t14-,15-/m1/s1. The summed E-state index contributed by atoms with van der Waals surface area (Å²) in [4.78, 5) is 4.51. The molecule has 1 aliphatic carbocycles. The molecule has 2 atom stereocenters. The molecule has 1 aromatic heterocycles. The number of hydrogen-bond acceptors (Lipinski definition) is 4. The SMILES string of the molecule is CN1[C@@H]2CCCC[C@H]2N(C)P1Oc1cccc2cccnc12. The molecule has 2 fully saturated rings. The second kappa shape index (κ2) is 5.77. The summed E-state index contributed by atoms with van der Waals surface area (Å²) >= 11 is 0. The normalized spacial score (nSPS) is 27.2. The van der Waals surface area contributed by atoms with Crippen LogP contribution in [0.3, 0.4) is 0 Å². The maximum atomic E-state index is 6.46. The molecule has 0 radical (unpaired) electrons. The van der Waals surface area contributed by atoms with Gasteiger partial charge in [0.1, 0.15) is 5.52 Å². The molecule has 22 heavy (non-hydrogen) atoms. The van der Waals surface area contributed by atoms with Crippen molar-refractivity contribution in [3.8, 4) is 5.75 Å². The van der Waals surface area contributed by atoms with Crippen LogP contribution in [0.15, 0.2) is 36.5 Å². The van der Waals surface area contributed by atoms with E-state index in [2.05, 4.69) is 46.6 Å². The van der Waals surface area contributed by atoms with Gasteiger partial charge in [-0.2, -0.15) is 0 Å². The molecule has 4 rings (SSSR count). The first-order chi connectivity index (χ1) is 10.8. The molecule has 0 amide bonds. The molecule has 1 aliphatic heterocycles. The van der Waals surface area contributed by atoms with E-state index in [1.165, 1.54) is 25.7 Å². The van der Waals surface area contributed by atoms with E-state index in [0.29, 0.717) is 12.1 Å². The summed E-state index contributed by atoms with van der Waals surface area (Å²) in [5.41, 5.74) is 0.962. The van der Waals surface area contributed by atoms with E-state index in [1.54, 1.807) is 0 Å². The Balaban J connectivity index is 1.65. The van der Waals surface area contributed by atoms with Gasteiger partial charge in [-0.15, -0.1) is 0 Å². The highest BCUT2D eigenvalue weighted by Crippen LogP contribution is 2.56. The topological polar surface area (TPSA) is 28.6 Å². The number of fused-ring (bicyclic) bond motifs is 2. The Morgan fingerprint density at radius 2 is 1.73 bits per heavy atom. The summed E-state index contributed by atoms with van der Waals surface area (Å²) < 4.78 is 11.4. The van der Waals surface area contributed by atoms with Gasteiger partial charge in [0.15, 0.2) is 5.75 Å². The molecule has 2 aromatic rings. The molecule has 5 heteroatoms. The highest BCUT2D eigenvalue weighted by atomic mass is 31.2. The lowest BCUT2D eigenvalue weighted by Crippen LogP contribution is -2.37. The molecular formula is C17H22N3OP. The van der Waals surface area contributed by atoms with Gasteiger partial charge >= 0.3 is 0 Å². The summed E-state index contributed by atoms with van der Waals surface area (Å²) in [7, 11) is 3.70. The summed E-state index contributed by atoms with van der Waals surface area (Å²) in [6.45, 7) is 0. The summed E-state index contributed by atoms with van der Waals surface area (Å²) in [5, 5.41) is 1.14. The summed E-state index contributed by atoms with van der Waals surface area (Å²) in [6, 6.07) is 11.5. The number of nitrogens with zero attached hydrogens (tertiary/aromatic N) is 3. The number of pyridine rings is 1. The Labute approximate surface area is 133 Å². The highest BCUT2D eigenvalue weighted by Gasteiger charge is 2.46. The zero-order valence-corrected chi connectivity index (χ0v) is 14.0. The minimum absolute atomic E-state index is 0.646. The van der Waals surface area contributed by atoms with Crippen molar-refractivity contribution >= 4 is 19.4 Å². The lowest BCUT2D eigenvalue weighted by atomic mass is 9.91. The van der Waals surface area contributed by atoms with Gasteiger partial charge in [-0.1, -0.05) is 31.0 Å². The number of para-hydroxylation sites is 1. The van der Waals surface area contributed by atoms with E-state index in [1.807, 2.05) is 18.3 Å². The Morgan fingerprint density at radius 1 is 1.05 bits per heavy atom. The second-order valence-electron chi connectivity index (χ2n) is 6.24. The van der Waals surface area contributed by atoms with Gasteiger partial charge in [0.05, 0.1) is 0 Å². The van der Waals surface area contributed by atoms with Gasteiger partial charge in [-0.25, -0.2) is 9.34 Å². The van der Waals surface area contributed by atoms with Crippen molar-refractivity contribution in [2.45, 2.75) is 37.8 Å². The number of aromatic nitrogens is 1. The van der Waals surface area contributed by atoms with Crippen LogP contribution in [0.1, 0.15) is 25.7 Å². The monoisotopic (exact) mass is 315 g/mol. The zero-order chi connectivity index (χ0) is 15.1. The zero-order valence-electron chi connectivity index (χ0n) is 13.1. The van der Waals surface area contributed by atoms with Gasteiger partial charge in [0.2, 0.25) is 8.45 Å². The maximum absolute atomic E-state index is 6.46. The second-order valence-corrected chi connectivity index (χ2v) is 8.19. The predicted octanol–water partition coefficient (Wildman–Crippen LogP) is 4.03. The number of likely N-dealkylation sites (N-methyl/N-ethyl adjacent to an activating group) is 2. The Hall–Kier alpha value is -1.22. The van der Waals surface area contributed by atoms with Crippen molar-refractivity contribution in [3.63, 3.8) is 0 Å². The van der Waals surface area contributed by atoms with Crippen molar-refractivity contribution in [2.75, 3.05) is 14.1 Å². The van der Waals surface area contributed by atoms with Gasteiger partial charge in [-0.3, -0.25) is 4.98 Å². The van der Waals surface area contributed by atoms with E-state index in [0.717, 1.165) is 16.7 Å². The third-order valence-corrected chi connectivity index (χ3v) is 7.00. The quantitative estimate of drug-likeness (QED) is 0.782. The summed E-state index contributed by atoms with van der Waals surface area (Å²) in [6.07, 6.45) is 7.12. The third-order valence-electron chi connectivity index (χ3n) is 4.97. The minimum Gasteiger partial charge on any atom is -0.442 e. The number of hydrogen-bond donors (Lipinski definition) is 0. The molecule has 0 bridgehead atoms. The van der Waals surface area contributed by atoms with Crippen molar-refractivity contribution in [1.82, 2.24) is 14.3 Å². The number of rotatable bonds is 2. The van der Waals surface area contributed by atoms with Gasteiger partial charge in [0, 0.05) is 23.7 Å². The largest absolute Gasteiger partial charge is 0.442 e. The molecule has 2 aliphatic rings. The molecule has 2 heterocycles. The molecular weight excluding hydrogens is 293 g/mol. The van der Waals surface area contributed by atoms with Crippen LogP contribution in [-0.4, -0.2) is 40.5 Å². The maximum Gasteiger partial charge on any atom is 0.248 e. The lowest BCUT2D eigenvalue weighted by molar-refractivity contribution is 0.233. The predicted molar refractivity (Wildman–Crippen MR) is 90.9 cm³/mol. The smallest absolute Gasteiger partial charge is 0.248 e. The lowest BCUT2D eigenvalue weighted by Gasteiger charge is -2.28. The molecule has 1 saturated heterocycles. The van der Waals surface area contributed by atoms with Crippen LogP contribution in [0.2, 0.25) is 0 Å². The van der Waals surface area contributed by atoms with Crippen molar-refractivity contribution in [1.29, 1.82) is 0 Å². The van der Waals surface area contributed by atoms with E-state index in [9.17, 15) is 0 Å². The van der Waals surface area contributed by atoms with Crippen LogP contribution in [-0.2, 0) is 0 Å². The Kier molecular flexibility index (Phi) is 3.77. The Morgan fingerprint density at radius 3 is 2.45 bits per heavy atom.